The molecule has 3 rings (SSSR count). The van der Waals surface area contributed by atoms with Crippen molar-refractivity contribution in [3.8, 4) is 5.75 Å². The second-order valence-corrected chi connectivity index (χ2v) is 6.51. The molecule has 1 amide bonds. The highest BCUT2D eigenvalue weighted by molar-refractivity contribution is 7.12. The molecule has 0 aliphatic rings. The first-order valence-electron chi connectivity index (χ1n) is 6.95. The Morgan fingerprint density at radius 1 is 0.958 bits per heavy atom. The third kappa shape index (κ3) is 4.15. The van der Waals surface area contributed by atoms with Gasteiger partial charge in [-0.1, -0.05) is 12.1 Å². The lowest BCUT2D eigenvalue weighted by molar-refractivity contribution is 0.0739. The van der Waals surface area contributed by atoms with Crippen LogP contribution in [0.3, 0.4) is 0 Å². The van der Waals surface area contributed by atoms with Crippen LogP contribution in [0.25, 0.3) is 0 Å². The average Bonchev–Trinajstić information content (AvgIpc) is 3.30. The first kappa shape index (κ1) is 16.1. The molecule has 1 aromatic carbocycles. The van der Waals surface area contributed by atoms with Crippen LogP contribution < -0.4 is 10.2 Å². The Labute approximate surface area is 146 Å². The summed E-state index contributed by atoms with van der Waals surface area (Å²) in [6.45, 7) is 0. The Balaban J connectivity index is 1.55. The number of rotatable bonds is 5. The van der Waals surface area contributed by atoms with Crippen molar-refractivity contribution in [1.82, 2.24) is 5.43 Å². The number of esters is 1. The number of carbonyl (C=O) groups is 2. The summed E-state index contributed by atoms with van der Waals surface area (Å²) in [4.78, 5) is 24.7. The van der Waals surface area contributed by atoms with E-state index < -0.39 is 0 Å². The van der Waals surface area contributed by atoms with Gasteiger partial charge < -0.3 is 4.74 Å². The van der Waals surface area contributed by atoms with Gasteiger partial charge in [-0.15, -0.1) is 22.7 Å². The number of amides is 1. The number of carbonyl (C=O) groups excluding carboxylic acids is 2. The maximum Gasteiger partial charge on any atom is 0.353 e. The number of ether oxygens (including phenoxy) is 1. The maximum absolute atomic E-state index is 11.8. The van der Waals surface area contributed by atoms with Crippen LogP contribution in [0.4, 0.5) is 0 Å². The zero-order valence-corrected chi connectivity index (χ0v) is 14.0. The third-order valence-electron chi connectivity index (χ3n) is 2.94. The summed E-state index contributed by atoms with van der Waals surface area (Å²) in [5.41, 5.74) is 3.23. The van der Waals surface area contributed by atoms with Gasteiger partial charge in [-0.05, 0) is 52.7 Å². The van der Waals surface area contributed by atoms with Gasteiger partial charge in [0.2, 0.25) is 0 Å². The summed E-state index contributed by atoms with van der Waals surface area (Å²) in [6.07, 6.45) is 1.52. The molecule has 24 heavy (non-hydrogen) atoms. The quantitative estimate of drug-likeness (QED) is 0.327. The highest BCUT2D eigenvalue weighted by atomic mass is 32.1. The summed E-state index contributed by atoms with van der Waals surface area (Å²) in [5.74, 6) is -0.175. The molecule has 1 N–H and O–H groups in total. The van der Waals surface area contributed by atoms with Crippen molar-refractivity contribution >= 4 is 40.8 Å². The van der Waals surface area contributed by atoms with Crippen LogP contribution in [0.1, 0.15) is 24.9 Å². The molecule has 0 radical (unpaired) electrons. The number of thiophene rings is 2. The fourth-order valence-electron chi connectivity index (χ4n) is 1.80. The van der Waals surface area contributed by atoms with E-state index in [1.165, 1.54) is 28.9 Å². The molecule has 0 bridgehead atoms. The number of hydrazone groups is 1. The summed E-state index contributed by atoms with van der Waals surface area (Å²) in [6, 6.07) is 13.9. The van der Waals surface area contributed by atoms with Crippen LogP contribution in [0, 0.1) is 0 Å². The van der Waals surface area contributed by atoms with E-state index in [9.17, 15) is 9.59 Å². The number of nitrogens with one attached hydrogen (secondary N) is 1. The predicted molar refractivity (Wildman–Crippen MR) is 95.1 cm³/mol. The minimum atomic E-state index is -0.380. The van der Waals surface area contributed by atoms with Crippen LogP contribution in [0.5, 0.6) is 5.75 Å². The van der Waals surface area contributed by atoms with Crippen molar-refractivity contribution in [3.63, 3.8) is 0 Å². The van der Waals surface area contributed by atoms with Gasteiger partial charge in [-0.25, -0.2) is 10.2 Å². The topological polar surface area (TPSA) is 67.8 Å². The maximum atomic E-state index is 11.8. The van der Waals surface area contributed by atoms with Gasteiger partial charge in [0.15, 0.2) is 0 Å². The molecule has 0 saturated carbocycles. The third-order valence-corrected chi connectivity index (χ3v) is 4.66. The van der Waals surface area contributed by atoms with E-state index in [1.54, 1.807) is 48.5 Å². The van der Waals surface area contributed by atoms with Crippen LogP contribution in [-0.2, 0) is 0 Å². The van der Waals surface area contributed by atoms with E-state index in [1.807, 2.05) is 10.8 Å². The highest BCUT2D eigenvalue weighted by Gasteiger charge is 2.09. The molecule has 0 saturated heterocycles. The molecule has 3 aromatic rings. The Morgan fingerprint density at radius 2 is 1.62 bits per heavy atom. The minimum absolute atomic E-state index is 0.247. The van der Waals surface area contributed by atoms with Crippen molar-refractivity contribution in [1.29, 1.82) is 0 Å². The Kier molecular flexibility index (Phi) is 5.15. The van der Waals surface area contributed by atoms with Gasteiger partial charge in [0, 0.05) is 0 Å². The van der Waals surface area contributed by atoms with Gasteiger partial charge in [0.05, 0.1) is 11.1 Å². The number of hydrogen-bond acceptors (Lipinski definition) is 6. The summed E-state index contributed by atoms with van der Waals surface area (Å²) >= 11 is 2.68. The zero-order chi connectivity index (χ0) is 16.8. The standard InChI is InChI=1S/C17H12N2O3S2/c20-16(14-3-1-9-23-14)19-18-11-12-5-7-13(8-6-12)22-17(21)15-4-2-10-24-15/h1-11H,(H,19,20). The van der Waals surface area contributed by atoms with Crippen molar-refractivity contribution in [2.45, 2.75) is 0 Å². The predicted octanol–water partition coefficient (Wildman–Crippen LogP) is 3.79. The molecular formula is C17H12N2O3S2. The SMILES string of the molecule is O=C(NN=Cc1ccc(OC(=O)c2cccs2)cc1)c1cccs1. The fourth-order valence-corrected chi connectivity index (χ4v) is 3.01. The van der Waals surface area contributed by atoms with E-state index >= 15 is 0 Å². The van der Waals surface area contributed by atoms with E-state index in [0.29, 0.717) is 15.5 Å². The van der Waals surface area contributed by atoms with E-state index in [4.69, 9.17) is 4.74 Å². The lowest BCUT2D eigenvalue weighted by Crippen LogP contribution is -2.16. The monoisotopic (exact) mass is 356 g/mol. The Hall–Kier alpha value is -2.77. The first-order valence-corrected chi connectivity index (χ1v) is 8.71. The second-order valence-electron chi connectivity index (χ2n) is 4.61. The molecule has 2 heterocycles. The van der Waals surface area contributed by atoms with Crippen molar-refractivity contribution in [2.75, 3.05) is 0 Å². The Bertz CT molecular complexity index is 839. The van der Waals surface area contributed by atoms with E-state index in [-0.39, 0.29) is 11.9 Å². The molecule has 2 aromatic heterocycles. The average molecular weight is 356 g/mol. The molecule has 0 aliphatic carbocycles. The van der Waals surface area contributed by atoms with E-state index in [0.717, 1.165) is 5.56 Å². The van der Waals surface area contributed by atoms with Gasteiger partial charge in [-0.2, -0.15) is 5.10 Å². The highest BCUT2D eigenvalue weighted by Crippen LogP contribution is 2.16. The molecule has 0 spiro atoms. The molecule has 120 valence electrons. The van der Waals surface area contributed by atoms with Crippen LogP contribution in [0.15, 0.2) is 64.4 Å². The molecule has 0 atom stereocenters. The lowest BCUT2D eigenvalue weighted by atomic mass is 10.2. The van der Waals surface area contributed by atoms with Crippen LogP contribution >= 0.6 is 22.7 Å². The first-order chi connectivity index (χ1) is 11.7. The minimum Gasteiger partial charge on any atom is -0.422 e. The number of benzene rings is 1. The van der Waals surface area contributed by atoms with Crippen molar-refractivity contribution in [3.05, 3.63) is 74.6 Å². The summed E-state index contributed by atoms with van der Waals surface area (Å²) < 4.78 is 5.26. The van der Waals surface area contributed by atoms with E-state index in [2.05, 4.69) is 10.5 Å². The molecule has 0 fully saturated rings. The van der Waals surface area contributed by atoms with Gasteiger partial charge in [-0.3, -0.25) is 4.79 Å². The molecule has 0 aliphatic heterocycles. The van der Waals surface area contributed by atoms with Crippen molar-refractivity contribution in [2.24, 2.45) is 5.10 Å². The molecular weight excluding hydrogens is 344 g/mol. The molecule has 0 unspecified atom stereocenters. The smallest absolute Gasteiger partial charge is 0.353 e. The second kappa shape index (κ2) is 7.67. The number of hydrogen-bond donors (Lipinski definition) is 1. The lowest BCUT2D eigenvalue weighted by Gasteiger charge is -2.02. The Morgan fingerprint density at radius 3 is 2.25 bits per heavy atom. The van der Waals surface area contributed by atoms with Crippen LogP contribution in [0.2, 0.25) is 0 Å². The largest absolute Gasteiger partial charge is 0.422 e. The summed E-state index contributed by atoms with van der Waals surface area (Å²) in [5, 5.41) is 7.55. The summed E-state index contributed by atoms with van der Waals surface area (Å²) in [7, 11) is 0. The number of nitrogens with zero attached hydrogens (tertiary/aromatic N) is 1. The fraction of sp³-hybridized carbons (Fsp3) is 0. The molecule has 7 heteroatoms. The van der Waals surface area contributed by atoms with Gasteiger partial charge in [0.25, 0.3) is 5.91 Å². The van der Waals surface area contributed by atoms with Gasteiger partial charge in [0.1, 0.15) is 10.6 Å². The zero-order valence-electron chi connectivity index (χ0n) is 12.3. The van der Waals surface area contributed by atoms with Gasteiger partial charge >= 0.3 is 5.97 Å². The normalized spacial score (nSPS) is 10.7. The molecule has 5 nitrogen and oxygen atoms in total. The van der Waals surface area contributed by atoms with Crippen LogP contribution in [-0.4, -0.2) is 18.1 Å². The van der Waals surface area contributed by atoms with Crippen molar-refractivity contribution < 1.29 is 14.3 Å².